The molecule has 5 aromatic rings. The highest BCUT2D eigenvalue weighted by Gasteiger charge is 2.34. The van der Waals surface area contributed by atoms with Crippen molar-refractivity contribution in [1.29, 1.82) is 0 Å². The van der Waals surface area contributed by atoms with Crippen LogP contribution < -0.4 is 10.9 Å². The Morgan fingerprint density at radius 3 is 2.76 bits per heavy atom. The van der Waals surface area contributed by atoms with E-state index in [4.69, 9.17) is 11.6 Å². The fourth-order valence-corrected chi connectivity index (χ4v) is 4.86. The monoisotopic (exact) mass is 471 g/mol. The van der Waals surface area contributed by atoms with Gasteiger partial charge in [-0.3, -0.25) is 14.1 Å². The van der Waals surface area contributed by atoms with Crippen molar-refractivity contribution in [3.05, 3.63) is 87.6 Å². The van der Waals surface area contributed by atoms with E-state index in [0.717, 1.165) is 12.2 Å². The third-order valence-corrected chi connectivity index (χ3v) is 7.05. The Morgan fingerprint density at radius 2 is 1.94 bits per heavy atom. The van der Waals surface area contributed by atoms with Gasteiger partial charge in [-0.15, -0.1) is 0 Å². The zero-order valence-corrected chi connectivity index (χ0v) is 19.7. The molecular formula is C25H22ClN7O. The number of nitrogens with zero attached hydrogens (tertiary/aromatic N) is 6. The van der Waals surface area contributed by atoms with Crippen molar-refractivity contribution in [2.24, 2.45) is 0 Å². The number of benzene rings is 2. The lowest BCUT2D eigenvalue weighted by molar-refractivity contribution is 0.178. The van der Waals surface area contributed by atoms with E-state index in [1.807, 2.05) is 18.2 Å². The van der Waals surface area contributed by atoms with Gasteiger partial charge >= 0.3 is 0 Å². The summed E-state index contributed by atoms with van der Waals surface area (Å²) in [5.74, 6) is 0.834. The Kier molecular flexibility index (Phi) is 4.52. The third-order valence-electron chi connectivity index (χ3n) is 6.73. The molecule has 0 fully saturated rings. The number of hydrogen-bond acceptors (Lipinski definition) is 6. The molecular weight excluding hydrogens is 450 g/mol. The molecule has 1 aliphatic rings. The summed E-state index contributed by atoms with van der Waals surface area (Å²) >= 11 is 6.39. The quantitative estimate of drug-likeness (QED) is 0.417. The predicted molar refractivity (Wildman–Crippen MR) is 133 cm³/mol. The van der Waals surface area contributed by atoms with Gasteiger partial charge in [0.05, 0.1) is 10.7 Å². The average Bonchev–Trinajstić information content (AvgIpc) is 3.38. The summed E-state index contributed by atoms with van der Waals surface area (Å²) in [5, 5.41) is 4.12. The van der Waals surface area contributed by atoms with Gasteiger partial charge in [0.25, 0.3) is 5.56 Å². The minimum absolute atomic E-state index is 0.00188. The molecule has 0 aliphatic carbocycles. The SMILES string of the molecule is CN1Cc2cc(Nc3ncc4c(=O)n(-c5ccccc5Cl)c5nccn5c4n3)ccc2C1(C)C. The largest absolute Gasteiger partial charge is 0.324 e. The molecule has 1 N–H and O–H groups in total. The van der Waals surface area contributed by atoms with Crippen molar-refractivity contribution >= 4 is 40.0 Å². The average molecular weight is 472 g/mol. The Labute approximate surface area is 200 Å². The summed E-state index contributed by atoms with van der Waals surface area (Å²) in [6.45, 7) is 5.34. The number of rotatable bonds is 3. The molecule has 8 nitrogen and oxygen atoms in total. The van der Waals surface area contributed by atoms with Crippen LogP contribution in [0.2, 0.25) is 5.02 Å². The Hall–Kier alpha value is -3.75. The van der Waals surface area contributed by atoms with Crippen LogP contribution in [0.1, 0.15) is 25.0 Å². The van der Waals surface area contributed by atoms with Gasteiger partial charge in [-0.1, -0.05) is 29.8 Å². The molecule has 34 heavy (non-hydrogen) atoms. The van der Waals surface area contributed by atoms with Crippen molar-refractivity contribution in [1.82, 2.24) is 28.8 Å². The second-order valence-corrected chi connectivity index (χ2v) is 9.44. The standard InChI is InChI=1S/C25H22ClN7O/c1-25(2)18-9-8-16(12-15(18)14-31(25)3)29-23-28-13-17-21(30-23)32-11-10-27-24(32)33(22(17)34)20-7-5-4-6-19(20)26/h4-13H,14H2,1-3H3,(H,28,29,30). The van der Waals surface area contributed by atoms with Gasteiger partial charge in [-0.05, 0) is 56.3 Å². The fourth-order valence-electron chi connectivity index (χ4n) is 4.64. The molecule has 0 atom stereocenters. The van der Waals surface area contributed by atoms with Gasteiger partial charge in [-0.2, -0.15) is 4.98 Å². The summed E-state index contributed by atoms with van der Waals surface area (Å²) in [5.41, 5.74) is 4.24. The first-order chi connectivity index (χ1) is 16.3. The Bertz CT molecular complexity index is 1650. The van der Waals surface area contributed by atoms with E-state index in [-0.39, 0.29) is 11.1 Å². The zero-order chi connectivity index (χ0) is 23.6. The lowest BCUT2D eigenvalue weighted by Crippen LogP contribution is -2.31. The minimum Gasteiger partial charge on any atom is -0.324 e. The van der Waals surface area contributed by atoms with Crippen molar-refractivity contribution in [2.75, 3.05) is 12.4 Å². The second-order valence-electron chi connectivity index (χ2n) is 9.03. The summed E-state index contributed by atoms with van der Waals surface area (Å²) < 4.78 is 3.26. The number of nitrogens with one attached hydrogen (secondary N) is 1. The maximum Gasteiger partial charge on any atom is 0.270 e. The molecule has 1 aliphatic heterocycles. The van der Waals surface area contributed by atoms with Gasteiger partial charge in [0.1, 0.15) is 5.39 Å². The van der Waals surface area contributed by atoms with Gasteiger partial charge < -0.3 is 5.32 Å². The Morgan fingerprint density at radius 1 is 1.12 bits per heavy atom. The van der Waals surface area contributed by atoms with Crippen molar-refractivity contribution in [3.63, 3.8) is 0 Å². The van der Waals surface area contributed by atoms with Crippen LogP contribution in [0.3, 0.4) is 0 Å². The number of imidazole rings is 1. The maximum absolute atomic E-state index is 13.4. The van der Waals surface area contributed by atoms with Crippen LogP contribution in [-0.4, -0.2) is 35.9 Å². The van der Waals surface area contributed by atoms with E-state index in [1.54, 1.807) is 35.1 Å². The molecule has 3 aromatic heterocycles. The molecule has 2 aromatic carbocycles. The summed E-state index contributed by atoms with van der Waals surface area (Å²) in [6.07, 6.45) is 4.95. The van der Waals surface area contributed by atoms with E-state index in [0.29, 0.717) is 33.5 Å². The van der Waals surface area contributed by atoms with Gasteiger partial charge in [0.15, 0.2) is 5.65 Å². The van der Waals surface area contributed by atoms with Gasteiger partial charge in [0, 0.05) is 36.4 Å². The van der Waals surface area contributed by atoms with Crippen LogP contribution in [-0.2, 0) is 12.1 Å². The molecule has 0 spiro atoms. The zero-order valence-electron chi connectivity index (χ0n) is 19.0. The molecule has 0 saturated carbocycles. The summed E-state index contributed by atoms with van der Waals surface area (Å²) in [6, 6.07) is 13.5. The highest BCUT2D eigenvalue weighted by Crippen LogP contribution is 2.38. The summed E-state index contributed by atoms with van der Waals surface area (Å²) in [4.78, 5) is 29.3. The predicted octanol–water partition coefficient (Wildman–Crippen LogP) is 4.51. The number of anilines is 2. The fraction of sp³-hybridized carbons (Fsp3) is 0.200. The molecule has 0 amide bonds. The van der Waals surface area contributed by atoms with E-state index in [9.17, 15) is 4.79 Å². The first-order valence-corrected chi connectivity index (χ1v) is 11.3. The number of fused-ring (bicyclic) bond motifs is 4. The lowest BCUT2D eigenvalue weighted by Gasteiger charge is -2.28. The van der Waals surface area contributed by atoms with Gasteiger partial charge in [-0.25, -0.2) is 14.5 Å². The van der Waals surface area contributed by atoms with E-state index in [1.165, 1.54) is 15.7 Å². The molecule has 4 heterocycles. The molecule has 0 unspecified atom stereocenters. The molecule has 0 bridgehead atoms. The number of para-hydroxylation sites is 1. The smallest absolute Gasteiger partial charge is 0.270 e. The minimum atomic E-state index is -0.281. The van der Waals surface area contributed by atoms with E-state index >= 15 is 0 Å². The van der Waals surface area contributed by atoms with E-state index < -0.39 is 0 Å². The van der Waals surface area contributed by atoms with Crippen LogP contribution in [0, 0.1) is 0 Å². The number of aromatic nitrogens is 5. The van der Waals surface area contributed by atoms with Crippen LogP contribution in [0.25, 0.3) is 22.5 Å². The van der Waals surface area contributed by atoms with Crippen LogP contribution in [0.15, 0.2) is 65.8 Å². The molecule has 9 heteroatoms. The van der Waals surface area contributed by atoms with Crippen molar-refractivity contribution in [2.45, 2.75) is 25.9 Å². The Balaban J connectivity index is 1.46. The van der Waals surface area contributed by atoms with Crippen LogP contribution >= 0.6 is 11.6 Å². The van der Waals surface area contributed by atoms with Gasteiger partial charge in [0.2, 0.25) is 11.7 Å². The summed E-state index contributed by atoms with van der Waals surface area (Å²) in [7, 11) is 2.13. The highest BCUT2D eigenvalue weighted by atomic mass is 35.5. The maximum atomic E-state index is 13.4. The van der Waals surface area contributed by atoms with Crippen molar-refractivity contribution in [3.8, 4) is 5.69 Å². The number of halogens is 1. The van der Waals surface area contributed by atoms with Crippen LogP contribution in [0.4, 0.5) is 11.6 Å². The second kappa shape index (κ2) is 7.38. The normalized spacial score (nSPS) is 15.2. The topological polar surface area (TPSA) is 80.4 Å². The molecule has 0 radical (unpaired) electrons. The highest BCUT2D eigenvalue weighted by molar-refractivity contribution is 6.32. The first kappa shape index (κ1) is 20.8. The van der Waals surface area contributed by atoms with Crippen LogP contribution in [0.5, 0.6) is 0 Å². The number of hydrogen-bond donors (Lipinski definition) is 1. The first-order valence-electron chi connectivity index (χ1n) is 11.0. The molecule has 0 saturated heterocycles. The molecule has 170 valence electrons. The van der Waals surface area contributed by atoms with Crippen molar-refractivity contribution < 1.29 is 0 Å². The third kappa shape index (κ3) is 3.03. The van der Waals surface area contributed by atoms with E-state index in [2.05, 4.69) is 58.2 Å². The lowest BCUT2D eigenvalue weighted by atomic mass is 9.94. The molecule has 6 rings (SSSR count).